The van der Waals surface area contributed by atoms with Crippen molar-refractivity contribution < 1.29 is 4.79 Å². The van der Waals surface area contributed by atoms with Gasteiger partial charge < -0.3 is 11.1 Å². The Hall–Kier alpha value is -2.00. The first-order valence-corrected chi connectivity index (χ1v) is 6.99. The van der Waals surface area contributed by atoms with Gasteiger partial charge in [0.05, 0.1) is 0 Å². The van der Waals surface area contributed by atoms with Crippen molar-refractivity contribution in [3.05, 3.63) is 52.5 Å². The molecule has 3 rings (SSSR count). The molecule has 102 valence electrons. The zero-order valence-electron chi connectivity index (χ0n) is 10.9. The van der Waals surface area contributed by atoms with Crippen LogP contribution in [0, 0.1) is 0 Å². The van der Waals surface area contributed by atoms with E-state index < -0.39 is 5.91 Å². The zero-order chi connectivity index (χ0) is 14.1. The number of hydrogen-bond acceptors (Lipinski definition) is 2. The zero-order valence-corrected chi connectivity index (χ0v) is 11.7. The van der Waals surface area contributed by atoms with E-state index in [0.717, 1.165) is 30.5 Å². The number of aryl methyl sites for hydroxylation is 1. The Morgan fingerprint density at radius 3 is 2.85 bits per heavy atom. The average Bonchev–Trinajstić information content (AvgIpc) is 2.47. The van der Waals surface area contributed by atoms with Gasteiger partial charge in [0.15, 0.2) is 0 Å². The van der Waals surface area contributed by atoms with Crippen molar-refractivity contribution in [2.45, 2.75) is 12.8 Å². The molecule has 0 spiro atoms. The van der Waals surface area contributed by atoms with Gasteiger partial charge in [-0.05, 0) is 54.3 Å². The molecule has 0 aromatic heterocycles. The second kappa shape index (κ2) is 5.17. The number of primary amides is 1. The third-order valence-corrected chi connectivity index (χ3v) is 3.94. The van der Waals surface area contributed by atoms with Crippen LogP contribution in [0.3, 0.4) is 0 Å². The Bertz CT molecular complexity index is 682. The van der Waals surface area contributed by atoms with Gasteiger partial charge in [-0.15, -0.1) is 0 Å². The summed E-state index contributed by atoms with van der Waals surface area (Å²) in [7, 11) is 0. The number of nitrogens with two attached hydrogens (primary N) is 1. The molecule has 0 bridgehead atoms. The van der Waals surface area contributed by atoms with E-state index in [0.29, 0.717) is 10.6 Å². The van der Waals surface area contributed by atoms with Gasteiger partial charge in [0.1, 0.15) is 0 Å². The second-order valence-electron chi connectivity index (χ2n) is 4.96. The Kier molecular flexibility index (Phi) is 3.36. The Balaban J connectivity index is 2.08. The molecule has 2 aromatic rings. The summed E-state index contributed by atoms with van der Waals surface area (Å²) >= 11 is 6.25. The van der Waals surface area contributed by atoms with Crippen LogP contribution in [0.5, 0.6) is 0 Å². The number of benzene rings is 2. The smallest absolute Gasteiger partial charge is 0.248 e. The van der Waals surface area contributed by atoms with Crippen molar-refractivity contribution >= 4 is 23.2 Å². The van der Waals surface area contributed by atoms with Gasteiger partial charge in [-0.1, -0.05) is 17.7 Å². The SMILES string of the molecule is NC(=O)c1ccc(Cl)c(-c2ccc3c(c2)CCCN3)c1. The minimum absolute atomic E-state index is 0.442. The number of hydrogen-bond donors (Lipinski definition) is 2. The van der Waals surface area contributed by atoms with Crippen LogP contribution in [-0.2, 0) is 6.42 Å². The van der Waals surface area contributed by atoms with Crippen molar-refractivity contribution in [3.8, 4) is 11.1 Å². The molecule has 1 amide bonds. The minimum Gasteiger partial charge on any atom is -0.385 e. The standard InChI is InChI=1S/C16H15ClN2O/c17-14-5-3-12(16(18)20)9-13(14)10-4-6-15-11(8-10)2-1-7-19-15/h3-6,8-9,19H,1-2,7H2,(H2,18,20). The summed E-state index contributed by atoms with van der Waals surface area (Å²) in [6.07, 6.45) is 2.19. The molecule has 1 aliphatic rings. The molecule has 4 heteroatoms. The fourth-order valence-electron chi connectivity index (χ4n) is 2.54. The summed E-state index contributed by atoms with van der Waals surface area (Å²) in [6.45, 7) is 1.02. The number of carbonyl (C=O) groups is 1. The van der Waals surface area contributed by atoms with Gasteiger partial charge in [0.2, 0.25) is 5.91 Å². The number of rotatable bonds is 2. The molecular weight excluding hydrogens is 272 g/mol. The van der Waals surface area contributed by atoms with Gasteiger partial charge in [0, 0.05) is 28.4 Å². The van der Waals surface area contributed by atoms with Crippen LogP contribution in [0.4, 0.5) is 5.69 Å². The number of anilines is 1. The van der Waals surface area contributed by atoms with E-state index in [9.17, 15) is 4.79 Å². The Morgan fingerprint density at radius 1 is 1.20 bits per heavy atom. The average molecular weight is 287 g/mol. The number of amides is 1. The first-order valence-electron chi connectivity index (χ1n) is 6.61. The normalized spacial score (nSPS) is 13.4. The highest BCUT2D eigenvalue weighted by Crippen LogP contribution is 2.33. The van der Waals surface area contributed by atoms with Crippen molar-refractivity contribution in [2.75, 3.05) is 11.9 Å². The van der Waals surface area contributed by atoms with E-state index in [1.165, 1.54) is 11.3 Å². The first-order chi connectivity index (χ1) is 9.65. The minimum atomic E-state index is -0.442. The maximum atomic E-state index is 11.3. The molecule has 0 saturated carbocycles. The monoisotopic (exact) mass is 286 g/mol. The lowest BCUT2D eigenvalue weighted by Gasteiger charge is -2.19. The fourth-order valence-corrected chi connectivity index (χ4v) is 2.77. The summed E-state index contributed by atoms with van der Waals surface area (Å²) in [6, 6.07) is 11.3. The molecule has 20 heavy (non-hydrogen) atoms. The lowest BCUT2D eigenvalue weighted by Crippen LogP contribution is -2.12. The molecule has 1 aliphatic heterocycles. The van der Waals surface area contributed by atoms with Crippen molar-refractivity contribution in [1.82, 2.24) is 0 Å². The van der Waals surface area contributed by atoms with Crippen LogP contribution < -0.4 is 11.1 Å². The molecule has 0 aliphatic carbocycles. The number of nitrogens with one attached hydrogen (secondary N) is 1. The lowest BCUT2D eigenvalue weighted by molar-refractivity contribution is 0.100. The predicted octanol–water partition coefficient (Wildman–Crippen LogP) is 3.46. The highest BCUT2D eigenvalue weighted by molar-refractivity contribution is 6.33. The van der Waals surface area contributed by atoms with Crippen LogP contribution >= 0.6 is 11.6 Å². The van der Waals surface area contributed by atoms with Crippen LogP contribution in [0.25, 0.3) is 11.1 Å². The summed E-state index contributed by atoms with van der Waals surface area (Å²) in [5.41, 5.74) is 10.1. The van der Waals surface area contributed by atoms with Crippen molar-refractivity contribution in [3.63, 3.8) is 0 Å². The molecule has 3 nitrogen and oxygen atoms in total. The van der Waals surface area contributed by atoms with Crippen molar-refractivity contribution in [1.29, 1.82) is 0 Å². The number of carbonyl (C=O) groups excluding carboxylic acids is 1. The lowest BCUT2D eigenvalue weighted by atomic mass is 9.96. The quantitative estimate of drug-likeness (QED) is 0.888. The highest BCUT2D eigenvalue weighted by Gasteiger charge is 2.12. The predicted molar refractivity (Wildman–Crippen MR) is 82.2 cm³/mol. The van der Waals surface area contributed by atoms with Crippen LogP contribution in [-0.4, -0.2) is 12.5 Å². The topological polar surface area (TPSA) is 55.1 Å². The van der Waals surface area contributed by atoms with E-state index in [4.69, 9.17) is 17.3 Å². The Morgan fingerprint density at radius 2 is 2.05 bits per heavy atom. The van der Waals surface area contributed by atoms with E-state index in [1.807, 2.05) is 6.07 Å². The van der Waals surface area contributed by atoms with Gasteiger partial charge in [-0.2, -0.15) is 0 Å². The molecule has 2 aromatic carbocycles. The first kappa shape index (κ1) is 13.0. The van der Waals surface area contributed by atoms with E-state index in [-0.39, 0.29) is 0 Å². The van der Waals surface area contributed by atoms with Crippen LogP contribution in [0.1, 0.15) is 22.3 Å². The molecule has 0 unspecified atom stereocenters. The summed E-state index contributed by atoms with van der Waals surface area (Å²) < 4.78 is 0. The third kappa shape index (κ3) is 2.37. The number of halogens is 1. The fraction of sp³-hybridized carbons (Fsp3) is 0.188. The summed E-state index contributed by atoms with van der Waals surface area (Å²) in [4.78, 5) is 11.3. The van der Waals surface area contributed by atoms with Crippen LogP contribution in [0.15, 0.2) is 36.4 Å². The molecule has 0 saturated heterocycles. The maximum absolute atomic E-state index is 11.3. The summed E-state index contributed by atoms with van der Waals surface area (Å²) in [5.74, 6) is -0.442. The van der Waals surface area contributed by atoms with Gasteiger partial charge in [0.25, 0.3) is 0 Å². The molecule has 0 radical (unpaired) electrons. The van der Waals surface area contributed by atoms with Gasteiger partial charge in [-0.3, -0.25) is 4.79 Å². The third-order valence-electron chi connectivity index (χ3n) is 3.61. The molecular formula is C16H15ClN2O. The van der Waals surface area contributed by atoms with E-state index >= 15 is 0 Å². The van der Waals surface area contributed by atoms with Gasteiger partial charge in [-0.25, -0.2) is 0 Å². The molecule has 3 N–H and O–H groups in total. The van der Waals surface area contributed by atoms with Crippen LogP contribution in [0.2, 0.25) is 5.02 Å². The highest BCUT2D eigenvalue weighted by atomic mass is 35.5. The summed E-state index contributed by atoms with van der Waals surface area (Å²) in [5, 5.41) is 4.00. The van der Waals surface area contributed by atoms with Crippen molar-refractivity contribution in [2.24, 2.45) is 5.73 Å². The number of fused-ring (bicyclic) bond motifs is 1. The molecule has 0 atom stereocenters. The molecule has 0 fully saturated rings. The second-order valence-corrected chi connectivity index (χ2v) is 5.37. The van der Waals surface area contributed by atoms with Gasteiger partial charge >= 0.3 is 0 Å². The maximum Gasteiger partial charge on any atom is 0.248 e. The largest absolute Gasteiger partial charge is 0.385 e. The van der Waals surface area contributed by atoms with E-state index in [2.05, 4.69) is 17.4 Å². The van der Waals surface area contributed by atoms with E-state index in [1.54, 1.807) is 18.2 Å². The Labute approximate surface area is 122 Å². The molecule has 1 heterocycles.